The predicted octanol–water partition coefficient (Wildman–Crippen LogP) is 2.28. The summed E-state index contributed by atoms with van der Waals surface area (Å²) in [6, 6.07) is 11.8. The molecule has 0 fully saturated rings. The fraction of sp³-hybridized carbons (Fsp3) is 0.368. The zero-order chi connectivity index (χ0) is 18.8. The molecule has 2 atom stereocenters. The molecular weight excluding hydrogens is 320 g/mol. The number of carbonyl (C=O) groups excluding carboxylic acids is 1. The van der Waals surface area contributed by atoms with Gasteiger partial charge in [-0.1, -0.05) is 30.3 Å². The zero-order valence-corrected chi connectivity index (χ0v) is 14.9. The van der Waals surface area contributed by atoms with Gasteiger partial charge in [-0.15, -0.1) is 0 Å². The van der Waals surface area contributed by atoms with Gasteiger partial charge in [0.05, 0.1) is 18.2 Å². The molecule has 0 spiro atoms. The van der Waals surface area contributed by atoms with Crippen LogP contribution in [0, 0.1) is 13.8 Å². The summed E-state index contributed by atoms with van der Waals surface area (Å²) in [6.45, 7) is 6.63. The van der Waals surface area contributed by atoms with Crippen molar-refractivity contribution in [2.24, 2.45) is 0 Å². The summed E-state index contributed by atoms with van der Waals surface area (Å²) in [5.74, 6) is -1.78. The SMILES string of the molecule is Cc1cc(C(=O)NCC(C)(O)C(=O)O)c(C)n1C(C)c1ccccc1. The van der Waals surface area contributed by atoms with Crippen molar-refractivity contribution in [3.63, 3.8) is 0 Å². The van der Waals surface area contributed by atoms with Crippen LogP contribution in [0.15, 0.2) is 36.4 Å². The molecule has 0 saturated carbocycles. The molecule has 2 rings (SSSR count). The number of benzene rings is 1. The summed E-state index contributed by atoms with van der Waals surface area (Å²) in [5, 5.41) is 21.2. The number of amides is 1. The standard InChI is InChI=1S/C19H24N2O4/c1-12-10-16(17(22)20-11-19(4,25)18(23)24)14(3)21(12)13(2)15-8-6-5-7-9-15/h5-10,13,25H,11H2,1-4H3,(H,20,22)(H,23,24). The zero-order valence-electron chi connectivity index (χ0n) is 14.9. The Kier molecular flexibility index (Phi) is 5.33. The van der Waals surface area contributed by atoms with Crippen LogP contribution in [0.2, 0.25) is 0 Å². The summed E-state index contributed by atoms with van der Waals surface area (Å²) in [4.78, 5) is 23.4. The summed E-state index contributed by atoms with van der Waals surface area (Å²) in [7, 11) is 0. The Bertz CT molecular complexity index is 778. The number of carboxylic acids is 1. The van der Waals surface area contributed by atoms with E-state index in [1.54, 1.807) is 6.07 Å². The number of hydrogen-bond donors (Lipinski definition) is 3. The summed E-state index contributed by atoms with van der Waals surface area (Å²) in [6.07, 6.45) is 0. The van der Waals surface area contributed by atoms with Crippen molar-refractivity contribution in [3.05, 3.63) is 58.9 Å². The van der Waals surface area contributed by atoms with E-state index in [4.69, 9.17) is 5.11 Å². The Morgan fingerprint density at radius 1 is 1.24 bits per heavy atom. The molecule has 1 aromatic heterocycles. The first kappa shape index (κ1) is 18.7. The highest BCUT2D eigenvalue weighted by molar-refractivity contribution is 5.96. The number of aliphatic hydroxyl groups is 1. The van der Waals surface area contributed by atoms with Crippen molar-refractivity contribution in [2.75, 3.05) is 6.54 Å². The van der Waals surface area contributed by atoms with Crippen LogP contribution in [0.4, 0.5) is 0 Å². The van der Waals surface area contributed by atoms with Crippen LogP contribution in [0.1, 0.15) is 47.2 Å². The molecule has 134 valence electrons. The number of aryl methyl sites for hydroxylation is 1. The molecule has 6 heteroatoms. The highest BCUT2D eigenvalue weighted by Gasteiger charge is 2.31. The molecule has 2 unspecified atom stereocenters. The minimum absolute atomic E-state index is 0.0601. The van der Waals surface area contributed by atoms with Crippen LogP contribution in [-0.4, -0.2) is 38.8 Å². The minimum Gasteiger partial charge on any atom is -0.479 e. The fourth-order valence-electron chi connectivity index (χ4n) is 2.91. The van der Waals surface area contributed by atoms with Gasteiger partial charge < -0.3 is 20.1 Å². The van der Waals surface area contributed by atoms with Crippen molar-refractivity contribution in [1.82, 2.24) is 9.88 Å². The molecular formula is C19H24N2O4. The lowest BCUT2D eigenvalue weighted by Gasteiger charge is -2.20. The van der Waals surface area contributed by atoms with Crippen molar-refractivity contribution in [1.29, 1.82) is 0 Å². The quantitative estimate of drug-likeness (QED) is 0.750. The van der Waals surface area contributed by atoms with E-state index in [9.17, 15) is 14.7 Å². The average molecular weight is 344 g/mol. The van der Waals surface area contributed by atoms with Crippen LogP contribution in [0.5, 0.6) is 0 Å². The molecule has 1 heterocycles. The van der Waals surface area contributed by atoms with Gasteiger partial charge in [0.25, 0.3) is 5.91 Å². The van der Waals surface area contributed by atoms with Gasteiger partial charge in [-0.3, -0.25) is 4.79 Å². The molecule has 0 radical (unpaired) electrons. The van der Waals surface area contributed by atoms with Gasteiger partial charge in [-0.2, -0.15) is 0 Å². The van der Waals surface area contributed by atoms with E-state index >= 15 is 0 Å². The number of aliphatic carboxylic acids is 1. The third kappa shape index (κ3) is 3.91. The third-order valence-electron chi connectivity index (χ3n) is 4.45. The van der Waals surface area contributed by atoms with E-state index in [2.05, 4.69) is 16.8 Å². The van der Waals surface area contributed by atoms with Crippen LogP contribution in [0.3, 0.4) is 0 Å². The monoisotopic (exact) mass is 344 g/mol. The number of rotatable bonds is 6. The number of carbonyl (C=O) groups is 2. The van der Waals surface area contributed by atoms with Crippen LogP contribution < -0.4 is 5.32 Å². The van der Waals surface area contributed by atoms with Crippen molar-refractivity contribution >= 4 is 11.9 Å². The first-order valence-corrected chi connectivity index (χ1v) is 8.12. The second-order valence-electron chi connectivity index (χ2n) is 6.50. The molecule has 1 aromatic carbocycles. The normalized spacial score (nSPS) is 14.6. The van der Waals surface area contributed by atoms with Crippen LogP contribution >= 0.6 is 0 Å². The van der Waals surface area contributed by atoms with E-state index in [-0.39, 0.29) is 12.6 Å². The highest BCUT2D eigenvalue weighted by atomic mass is 16.4. The molecule has 0 aliphatic carbocycles. The Labute approximate surface area is 147 Å². The predicted molar refractivity (Wildman–Crippen MR) is 94.8 cm³/mol. The van der Waals surface area contributed by atoms with E-state index < -0.39 is 17.5 Å². The van der Waals surface area contributed by atoms with E-state index in [1.807, 2.05) is 44.2 Å². The lowest BCUT2D eigenvalue weighted by atomic mass is 10.1. The maximum atomic E-state index is 12.4. The molecule has 25 heavy (non-hydrogen) atoms. The molecule has 2 aromatic rings. The smallest absolute Gasteiger partial charge is 0.337 e. The van der Waals surface area contributed by atoms with E-state index in [0.717, 1.165) is 23.9 Å². The van der Waals surface area contributed by atoms with Crippen molar-refractivity contribution in [2.45, 2.75) is 39.3 Å². The third-order valence-corrected chi connectivity index (χ3v) is 4.45. The second kappa shape index (κ2) is 7.11. The van der Waals surface area contributed by atoms with E-state index in [0.29, 0.717) is 5.56 Å². The van der Waals surface area contributed by atoms with Gasteiger partial charge in [0.2, 0.25) is 0 Å². The largest absolute Gasteiger partial charge is 0.479 e. The van der Waals surface area contributed by atoms with Gasteiger partial charge in [0, 0.05) is 11.4 Å². The Balaban J connectivity index is 2.24. The summed E-state index contributed by atoms with van der Waals surface area (Å²) in [5.41, 5.74) is 1.33. The van der Waals surface area contributed by atoms with Gasteiger partial charge in [0.1, 0.15) is 0 Å². The Hall–Kier alpha value is -2.60. The maximum absolute atomic E-state index is 12.4. The number of carboxylic acid groups (broad SMARTS) is 1. The van der Waals surface area contributed by atoms with Gasteiger partial charge in [-0.05, 0) is 39.3 Å². The number of nitrogens with one attached hydrogen (secondary N) is 1. The first-order valence-electron chi connectivity index (χ1n) is 8.12. The van der Waals surface area contributed by atoms with Crippen molar-refractivity contribution < 1.29 is 19.8 Å². The van der Waals surface area contributed by atoms with E-state index in [1.165, 1.54) is 0 Å². The lowest BCUT2D eigenvalue weighted by molar-refractivity contribution is -0.155. The summed E-state index contributed by atoms with van der Waals surface area (Å²) < 4.78 is 2.07. The molecule has 0 saturated heterocycles. The molecule has 0 bridgehead atoms. The second-order valence-corrected chi connectivity index (χ2v) is 6.50. The number of hydrogen-bond acceptors (Lipinski definition) is 3. The van der Waals surface area contributed by atoms with Gasteiger partial charge >= 0.3 is 5.97 Å². The first-order chi connectivity index (χ1) is 11.6. The molecule has 3 N–H and O–H groups in total. The van der Waals surface area contributed by atoms with Crippen molar-refractivity contribution in [3.8, 4) is 0 Å². The minimum atomic E-state index is -2.00. The number of nitrogens with zero attached hydrogens (tertiary/aromatic N) is 1. The van der Waals surface area contributed by atoms with Gasteiger partial charge in [0.15, 0.2) is 5.60 Å². The molecule has 6 nitrogen and oxygen atoms in total. The molecule has 0 aliphatic rings. The van der Waals surface area contributed by atoms with Gasteiger partial charge in [-0.25, -0.2) is 4.79 Å². The Morgan fingerprint density at radius 2 is 1.84 bits per heavy atom. The summed E-state index contributed by atoms with van der Waals surface area (Å²) >= 11 is 0. The topological polar surface area (TPSA) is 91.6 Å². The lowest BCUT2D eigenvalue weighted by Crippen LogP contribution is -2.46. The van der Waals surface area contributed by atoms with Crippen LogP contribution in [0.25, 0.3) is 0 Å². The molecule has 0 aliphatic heterocycles. The maximum Gasteiger partial charge on any atom is 0.337 e. The highest BCUT2D eigenvalue weighted by Crippen LogP contribution is 2.25. The Morgan fingerprint density at radius 3 is 2.40 bits per heavy atom. The average Bonchev–Trinajstić information content (AvgIpc) is 2.87. The number of aromatic nitrogens is 1. The fourth-order valence-corrected chi connectivity index (χ4v) is 2.91. The van der Waals surface area contributed by atoms with Crippen LogP contribution in [-0.2, 0) is 4.79 Å². The molecule has 1 amide bonds.